The fourth-order valence-electron chi connectivity index (χ4n) is 2.76. The Balaban J connectivity index is 2.23. The minimum Gasteiger partial charge on any atom is -0.506 e. The van der Waals surface area contributed by atoms with Gasteiger partial charge in [0, 0.05) is 25.9 Å². The molecule has 0 aromatic heterocycles. The first-order valence-electron chi connectivity index (χ1n) is 7.94. The van der Waals surface area contributed by atoms with Crippen LogP contribution in [0.3, 0.4) is 0 Å². The van der Waals surface area contributed by atoms with E-state index in [0.717, 1.165) is 11.1 Å². The molecule has 0 saturated carbocycles. The van der Waals surface area contributed by atoms with Crippen molar-refractivity contribution in [3.05, 3.63) is 47.5 Å². The molecule has 0 bridgehead atoms. The van der Waals surface area contributed by atoms with Crippen LogP contribution in [-0.4, -0.2) is 30.1 Å². The minimum absolute atomic E-state index is 0.0308. The molecule has 5 nitrogen and oxygen atoms in total. The van der Waals surface area contributed by atoms with Crippen molar-refractivity contribution in [3.8, 4) is 11.5 Å². The van der Waals surface area contributed by atoms with Crippen LogP contribution >= 0.6 is 0 Å². The fourth-order valence-corrected chi connectivity index (χ4v) is 2.76. The van der Waals surface area contributed by atoms with Gasteiger partial charge >= 0.3 is 0 Å². The van der Waals surface area contributed by atoms with Gasteiger partial charge in [-0.15, -0.1) is 0 Å². The van der Waals surface area contributed by atoms with Gasteiger partial charge in [0.2, 0.25) is 0 Å². The number of carbonyl (C=O) groups excluding carboxylic acids is 1. The van der Waals surface area contributed by atoms with Crippen molar-refractivity contribution in [2.24, 2.45) is 0 Å². The zero-order valence-electron chi connectivity index (χ0n) is 14.4. The average Bonchev–Trinajstić information content (AvgIpc) is 2.59. The molecule has 0 aliphatic carbocycles. The Morgan fingerprint density at radius 1 is 0.833 bits per heavy atom. The molecule has 128 valence electrons. The standard InChI is InChI=1S/C19H24N2O3/c1-11(13-5-7-15(20-3)17(22)9-13)19(24)12(2)14-6-8-16(21-4)18(23)10-14/h5-12,20-23H,1-4H3. The number of ketones is 1. The maximum Gasteiger partial charge on any atom is 0.147 e. The highest BCUT2D eigenvalue weighted by atomic mass is 16.3. The summed E-state index contributed by atoms with van der Waals surface area (Å²) in [5.74, 6) is -0.439. The number of benzene rings is 2. The van der Waals surface area contributed by atoms with Gasteiger partial charge in [-0.3, -0.25) is 4.79 Å². The summed E-state index contributed by atoms with van der Waals surface area (Å²) in [5, 5.41) is 25.7. The van der Waals surface area contributed by atoms with Crippen molar-refractivity contribution < 1.29 is 15.0 Å². The minimum atomic E-state index is -0.358. The average molecular weight is 328 g/mol. The van der Waals surface area contributed by atoms with E-state index >= 15 is 0 Å². The molecule has 0 heterocycles. The third-order valence-electron chi connectivity index (χ3n) is 4.44. The van der Waals surface area contributed by atoms with E-state index in [1.54, 1.807) is 38.4 Å². The number of rotatable bonds is 6. The molecule has 5 heteroatoms. The summed E-state index contributed by atoms with van der Waals surface area (Å²) < 4.78 is 0. The normalized spacial score (nSPS) is 13.2. The summed E-state index contributed by atoms with van der Waals surface area (Å²) >= 11 is 0. The third-order valence-corrected chi connectivity index (χ3v) is 4.44. The molecule has 2 atom stereocenters. The van der Waals surface area contributed by atoms with Crippen molar-refractivity contribution in [2.45, 2.75) is 25.7 Å². The summed E-state index contributed by atoms with van der Waals surface area (Å²) in [6.45, 7) is 3.66. The van der Waals surface area contributed by atoms with E-state index in [4.69, 9.17) is 0 Å². The van der Waals surface area contributed by atoms with Gasteiger partial charge in [0.25, 0.3) is 0 Å². The van der Waals surface area contributed by atoms with Crippen molar-refractivity contribution in [1.29, 1.82) is 0 Å². The highest BCUT2D eigenvalue weighted by molar-refractivity contribution is 5.91. The van der Waals surface area contributed by atoms with Crippen LogP contribution in [0.2, 0.25) is 0 Å². The van der Waals surface area contributed by atoms with Gasteiger partial charge in [-0.25, -0.2) is 0 Å². The highest BCUT2D eigenvalue weighted by Gasteiger charge is 2.24. The summed E-state index contributed by atoms with van der Waals surface area (Å²) in [6, 6.07) is 10.4. The number of carbonyl (C=O) groups is 1. The molecular formula is C19H24N2O3. The monoisotopic (exact) mass is 328 g/mol. The van der Waals surface area contributed by atoms with E-state index in [1.165, 1.54) is 0 Å². The van der Waals surface area contributed by atoms with E-state index in [0.29, 0.717) is 11.4 Å². The second-order valence-corrected chi connectivity index (χ2v) is 5.90. The number of nitrogens with one attached hydrogen (secondary N) is 2. The molecule has 2 unspecified atom stereocenters. The van der Waals surface area contributed by atoms with Crippen LogP contribution < -0.4 is 10.6 Å². The summed E-state index contributed by atoms with van der Waals surface area (Å²) in [6.07, 6.45) is 0. The molecule has 0 aliphatic rings. The molecule has 0 amide bonds. The van der Waals surface area contributed by atoms with E-state index in [9.17, 15) is 15.0 Å². The third kappa shape index (κ3) is 3.45. The van der Waals surface area contributed by atoms with Crippen LogP contribution in [0.1, 0.15) is 36.8 Å². The van der Waals surface area contributed by atoms with Crippen molar-refractivity contribution in [3.63, 3.8) is 0 Å². The Labute approximate surface area is 142 Å². The summed E-state index contributed by atoms with van der Waals surface area (Å²) in [7, 11) is 3.46. The smallest absolute Gasteiger partial charge is 0.147 e. The maximum atomic E-state index is 12.8. The predicted molar refractivity (Wildman–Crippen MR) is 97.1 cm³/mol. The van der Waals surface area contributed by atoms with Gasteiger partial charge in [0.1, 0.15) is 17.3 Å². The topological polar surface area (TPSA) is 81.6 Å². The molecular weight excluding hydrogens is 304 g/mol. The lowest BCUT2D eigenvalue weighted by Crippen LogP contribution is -2.16. The van der Waals surface area contributed by atoms with Gasteiger partial charge in [0.05, 0.1) is 11.4 Å². The number of Topliss-reactive ketones (excluding diaryl/α,β-unsaturated/α-hetero) is 1. The second-order valence-electron chi connectivity index (χ2n) is 5.90. The first-order chi connectivity index (χ1) is 11.4. The molecule has 24 heavy (non-hydrogen) atoms. The molecule has 2 aromatic rings. The van der Waals surface area contributed by atoms with Gasteiger partial charge in [-0.2, -0.15) is 0 Å². The van der Waals surface area contributed by atoms with Crippen LogP contribution in [0.5, 0.6) is 11.5 Å². The molecule has 0 fully saturated rings. The number of hydrogen-bond acceptors (Lipinski definition) is 5. The quantitative estimate of drug-likeness (QED) is 0.609. The lowest BCUT2D eigenvalue weighted by molar-refractivity contribution is -0.121. The van der Waals surface area contributed by atoms with Gasteiger partial charge < -0.3 is 20.8 Å². The number of aromatic hydroxyl groups is 2. The van der Waals surface area contributed by atoms with E-state index < -0.39 is 0 Å². The van der Waals surface area contributed by atoms with Crippen LogP contribution in [-0.2, 0) is 4.79 Å². The lowest BCUT2D eigenvalue weighted by atomic mass is 9.85. The Morgan fingerprint density at radius 3 is 1.50 bits per heavy atom. The lowest BCUT2D eigenvalue weighted by Gasteiger charge is -2.18. The number of phenolic OH excluding ortho intramolecular Hbond substituents is 2. The van der Waals surface area contributed by atoms with Crippen LogP contribution in [0, 0.1) is 0 Å². The zero-order valence-corrected chi connectivity index (χ0v) is 14.4. The van der Waals surface area contributed by atoms with E-state index in [-0.39, 0.29) is 29.1 Å². The van der Waals surface area contributed by atoms with Gasteiger partial charge in [0.15, 0.2) is 0 Å². The molecule has 0 saturated heterocycles. The molecule has 2 aromatic carbocycles. The van der Waals surface area contributed by atoms with Crippen LogP contribution in [0.15, 0.2) is 36.4 Å². The second kappa shape index (κ2) is 7.25. The molecule has 0 spiro atoms. The predicted octanol–water partition coefficient (Wildman–Crippen LogP) is 3.66. The molecule has 2 rings (SSSR count). The number of hydrogen-bond donors (Lipinski definition) is 4. The molecule has 0 radical (unpaired) electrons. The SMILES string of the molecule is CNc1ccc(C(C)C(=O)C(C)c2ccc(NC)c(O)c2)cc1O. The van der Waals surface area contributed by atoms with Crippen molar-refractivity contribution in [2.75, 3.05) is 24.7 Å². The first kappa shape index (κ1) is 17.7. The van der Waals surface area contributed by atoms with E-state index in [1.807, 2.05) is 26.0 Å². The van der Waals surface area contributed by atoms with Crippen molar-refractivity contribution in [1.82, 2.24) is 0 Å². The summed E-state index contributed by atoms with van der Waals surface area (Å²) in [4.78, 5) is 12.8. The van der Waals surface area contributed by atoms with Crippen LogP contribution in [0.4, 0.5) is 11.4 Å². The van der Waals surface area contributed by atoms with Crippen LogP contribution in [0.25, 0.3) is 0 Å². The highest BCUT2D eigenvalue weighted by Crippen LogP contribution is 2.33. The fraction of sp³-hybridized carbons (Fsp3) is 0.316. The van der Waals surface area contributed by atoms with Gasteiger partial charge in [-0.05, 0) is 35.4 Å². The Kier molecular flexibility index (Phi) is 5.34. The van der Waals surface area contributed by atoms with Crippen molar-refractivity contribution >= 4 is 17.2 Å². The zero-order chi connectivity index (χ0) is 17.9. The first-order valence-corrected chi connectivity index (χ1v) is 7.94. The Hall–Kier alpha value is -2.69. The summed E-state index contributed by atoms with van der Waals surface area (Å²) in [5.41, 5.74) is 2.77. The largest absolute Gasteiger partial charge is 0.506 e. The molecule has 0 aliphatic heterocycles. The Bertz CT molecular complexity index is 682. The number of anilines is 2. The Morgan fingerprint density at radius 2 is 1.21 bits per heavy atom. The van der Waals surface area contributed by atoms with E-state index in [2.05, 4.69) is 10.6 Å². The maximum absolute atomic E-state index is 12.8. The van der Waals surface area contributed by atoms with Gasteiger partial charge in [-0.1, -0.05) is 26.0 Å². The number of phenols is 2. The molecule has 4 N–H and O–H groups in total.